The Morgan fingerprint density at radius 2 is 1.92 bits per heavy atom. The molecule has 9 nitrogen and oxygen atoms in total. The number of hydrogen-bond donors (Lipinski definition) is 2. The number of ether oxygens (including phenoxy) is 1. The van der Waals surface area contributed by atoms with Gasteiger partial charge in [-0.1, -0.05) is 36.4 Å². The van der Waals surface area contributed by atoms with Gasteiger partial charge in [0.15, 0.2) is 0 Å². The number of benzene rings is 2. The number of carbonyl (C=O) groups excluding carboxylic acids is 4. The van der Waals surface area contributed by atoms with Crippen LogP contribution in [0.2, 0.25) is 0 Å². The van der Waals surface area contributed by atoms with Crippen LogP contribution in [0.4, 0.5) is 15.3 Å². The quantitative estimate of drug-likeness (QED) is 0.619. The molecule has 9 heteroatoms. The Balaban J connectivity index is 1.35. The van der Waals surface area contributed by atoms with E-state index in [1.54, 1.807) is 23.1 Å². The van der Waals surface area contributed by atoms with Crippen LogP contribution in [0.1, 0.15) is 42.9 Å². The SMILES string of the molecule is CNC(=O)Nc1ccc2c(c1)CC[C@]21OC(=O)N(CC(=O)N(Cc2ccccc2)C(C)C2CC2)C1=O. The summed E-state index contributed by atoms with van der Waals surface area (Å²) in [7, 11) is 1.52. The Morgan fingerprint density at radius 3 is 2.61 bits per heavy atom. The number of urea groups is 1. The normalized spacial score (nSPS) is 21.2. The van der Waals surface area contributed by atoms with Crippen molar-refractivity contribution >= 4 is 29.6 Å². The van der Waals surface area contributed by atoms with Crippen LogP contribution in [0.5, 0.6) is 0 Å². The molecule has 2 aliphatic carbocycles. The van der Waals surface area contributed by atoms with Gasteiger partial charge in [0.25, 0.3) is 5.91 Å². The minimum atomic E-state index is -1.43. The number of carbonyl (C=O) groups is 4. The van der Waals surface area contributed by atoms with Crippen molar-refractivity contribution in [2.45, 2.75) is 50.8 Å². The number of nitrogens with one attached hydrogen (secondary N) is 2. The average Bonchev–Trinajstić information content (AvgIpc) is 3.63. The third-order valence-corrected chi connectivity index (χ3v) is 7.45. The molecule has 188 valence electrons. The van der Waals surface area contributed by atoms with E-state index in [4.69, 9.17) is 4.74 Å². The first kappa shape index (κ1) is 23.8. The smallest absolute Gasteiger partial charge is 0.418 e. The van der Waals surface area contributed by atoms with Gasteiger partial charge in [-0.05, 0) is 55.4 Å². The largest absolute Gasteiger partial charge is 0.427 e. The van der Waals surface area contributed by atoms with Crippen molar-refractivity contribution in [2.24, 2.45) is 5.92 Å². The Labute approximate surface area is 209 Å². The van der Waals surface area contributed by atoms with Gasteiger partial charge in [0, 0.05) is 37.3 Å². The highest BCUT2D eigenvalue weighted by Crippen LogP contribution is 2.46. The van der Waals surface area contributed by atoms with Gasteiger partial charge in [-0.2, -0.15) is 0 Å². The third kappa shape index (κ3) is 4.29. The maximum absolute atomic E-state index is 13.6. The summed E-state index contributed by atoms with van der Waals surface area (Å²) in [6, 6.07) is 14.5. The molecule has 2 aromatic rings. The summed E-state index contributed by atoms with van der Waals surface area (Å²) in [5.41, 5.74) is 1.58. The predicted molar refractivity (Wildman–Crippen MR) is 132 cm³/mol. The topological polar surface area (TPSA) is 108 Å². The lowest BCUT2D eigenvalue weighted by molar-refractivity contribution is -0.143. The van der Waals surface area contributed by atoms with Crippen molar-refractivity contribution in [2.75, 3.05) is 18.9 Å². The van der Waals surface area contributed by atoms with Gasteiger partial charge in [-0.3, -0.25) is 9.59 Å². The van der Waals surface area contributed by atoms with Crippen LogP contribution in [0, 0.1) is 5.92 Å². The first-order valence-electron chi connectivity index (χ1n) is 12.3. The second kappa shape index (κ2) is 9.29. The summed E-state index contributed by atoms with van der Waals surface area (Å²) in [6.45, 7) is 2.10. The summed E-state index contributed by atoms with van der Waals surface area (Å²) in [4.78, 5) is 54.3. The van der Waals surface area contributed by atoms with E-state index in [1.165, 1.54) is 7.05 Å². The van der Waals surface area contributed by atoms with Crippen LogP contribution in [-0.2, 0) is 32.9 Å². The van der Waals surface area contributed by atoms with Crippen LogP contribution in [-0.4, -0.2) is 53.4 Å². The summed E-state index contributed by atoms with van der Waals surface area (Å²) in [6.07, 6.45) is 2.15. The highest BCUT2D eigenvalue weighted by atomic mass is 16.6. The molecule has 1 aliphatic heterocycles. The predicted octanol–water partition coefficient (Wildman–Crippen LogP) is 3.39. The first-order chi connectivity index (χ1) is 17.3. The molecule has 2 aromatic carbocycles. The molecule has 1 unspecified atom stereocenters. The van der Waals surface area contributed by atoms with E-state index in [9.17, 15) is 19.2 Å². The Bertz CT molecular complexity index is 1210. The number of anilines is 1. The Hall–Kier alpha value is -3.88. The van der Waals surface area contributed by atoms with Crippen LogP contribution < -0.4 is 10.6 Å². The fourth-order valence-electron chi connectivity index (χ4n) is 5.22. The highest BCUT2D eigenvalue weighted by Gasteiger charge is 2.58. The monoisotopic (exact) mass is 490 g/mol. The highest BCUT2D eigenvalue weighted by molar-refractivity contribution is 6.06. The fraction of sp³-hybridized carbons (Fsp3) is 0.407. The molecule has 5 amide bonds. The summed E-state index contributed by atoms with van der Waals surface area (Å²) in [5, 5.41) is 5.20. The summed E-state index contributed by atoms with van der Waals surface area (Å²) < 4.78 is 5.69. The van der Waals surface area contributed by atoms with E-state index in [-0.39, 0.29) is 24.5 Å². The lowest BCUT2D eigenvalue weighted by atomic mass is 9.94. The molecule has 0 aromatic heterocycles. The van der Waals surface area contributed by atoms with Crippen molar-refractivity contribution in [3.05, 3.63) is 65.2 Å². The number of nitrogens with zero attached hydrogens (tertiary/aromatic N) is 2. The minimum Gasteiger partial charge on any atom is -0.427 e. The summed E-state index contributed by atoms with van der Waals surface area (Å²) >= 11 is 0. The van der Waals surface area contributed by atoms with Gasteiger partial charge < -0.3 is 20.3 Å². The standard InChI is InChI=1S/C27H30N4O5/c1-17(19-8-9-19)30(15-18-6-4-3-5-7-18)23(32)16-31-24(33)27(36-26(31)35)13-12-20-14-21(10-11-22(20)27)29-25(34)28-2/h3-7,10-11,14,17,19H,8-9,12-13,15-16H2,1-2H3,(H2,28,29,34)/t17?,27-/m0/s1. The average molecular weight is 491 g/mol. The zero-order valence-corrected chi connectivity index (χ0v) is 20.5. The van der Waals surface area contributed by atoms with Crippen molar-refractivity contribution in [1.29, 1.82) is 0 Å². The second-order valence-corrected chi connectivity index (χ2v) is 9.75. The fourth-order valence-corrected chi connectivity index (χ4v) is 5.22. The molecule has 1 saturated heterocycles. The van der Waals surface area contributed by atoms with Gasteiger partial charge in [-0.25, -0.2) is 14.5 Å². The van der Waals surface area contributed by atoms with Crippen molar-refractivity contribution in [1.82, 2.24) is 15.1 Å². The number of hydrogen-bond acceptors (Lipinski definition) is 5. The Morgan fingerprint density at radius 1 is 1.17 bits per heavy atom. The van der Waals surface area contributed by atoms with Gasteiger partial charge in [0.2, 0.25) is 11.5 Å². The second-order valence-electron chi connectivity index (χ2n) is 9.75. The first-order valence-corrected chi connectivity index (χ1v) is 12.3. The number of imide groups is 1. The maximum Gasteiger partial charge on any atom is 0.418 e. The number of amides is 5. The maximum atomic E-state index is 13.6. The molecule has 0 bridgehead atoms. The van der Waals surface area contributed by atoms with Gasteiger partial charge in [0.05, 0.1) is 0 Å². The molecule has 0 radical (unpaired) electrons. The number of rotatable bonds is 7. The zero-order chi connectivity index (χ0) is 25.4. The van der Waals surface area contributed by atoms with Gasteiger partial charge >= 0.3 is 12.1 Å². The molecule has 5 rings (SSSR count). The molecular formula is C27H30N4O5. The lowest BCUT2D eigenvalue weighted by Crippen LogP contribution is -2.47. The van der Waals surface area contributed by atoms with Gasteiger partial charge in [0.1, 0.15) is 6.54 Å². The van der Waals surface area contributed by atoms with Crippen molar-refractivity contribution in [3.8, 4) is 0 Å². The van der Waals surface area contributed by atoms with Crippen molar-refractivity contribution < 1.29 is 23.9 Å². The number of fused-ring (bicyclic) bond motifs is 2. The van der Waals surface area contributed by atoms with Crippen LogP contribution in [0.3, 0.4) is 0 Å². The molecular weight excluding hydrogens is 460 g/mol. The Kier molecular flexibility index (Phi) is 6.15. The minimum absolute atomic E-state index is 0.0128. The van der Waals surface area contributed by atoms with E-state index in [0.29, 0.717) is 36.6 Å². The third-order valence-electron chi connectivity index (χ3n) is 7.45. The number of aryl methyl sites for hydroxylation is 1. The van der Waals surface area contributed by atoms with Crippen LogP contribution in [0.25, 0.3) is 0 Å². The molecule has 2 fully saturated rings. The summed E-state index contributed by atoms with van der Waals surface area (Å²) in [5.74, 6) is -0.348. The van der Waals surface area contributed by atoms with E-state index in [0.717, 1.165) is 28.9 Å². The molecule has 1 heterocycles. The van der Waals surface area contributed by atoms with E-state index in [1.807, 2.05) is 37.3 Å². The molecule has 2 atom stereocenters. The van der Waals surface area contributed by atoms with Crippen LogP contribution in [0.15, 0.2) is 48.5 Å². The molecule has 3 aliphatic rings. The lowest BCUT2D eigenvalue weighted by Gasteiger charge is -2.30. The van der Waals surface area contributed by atoms with E-state index in [2.05, 4.69) is 10.6 Å². The zero-order valence-electron chi connectivity index (χ0n) is 20.5. The molecule has 36 heavy (non-hydrogen) atoms. The molecule has 1 saturated carbocycles. The van der Waals surface area contributed by atoms with E-state index >= 15 is 0 Å². The molecule has 1 spiro atoms. The molecule has 2 N–H and O–H groups in total. The van der Waals surface area contributed by atoms with Crippen LogP contribution >= 0.6 is 0 Å². The van der Waals surface area contributed by atoms with Gasteiger partial charge in [-0.15, -0.1) is 0 Å². The van der Waals surface area contributed by atoms with E-state index < -0.39 is 17.6 Å². The van der Waals surface area contributed by atoms with Crippen molar-refractivity contribution in [3.63, 3.8) is 0 Å².